The van der Waals surface area contributed by atoms with E-state index in [-0.39, 0.29) is 11.3 Å². The van der Waals surface area contributed by atoms with Crippen LogP contribution < -0.4 is 0 Å². The average Bonchev–Trinajstić information content (AvgIpc) is 3.18. The van der Waals surface area contributed by atoms with Gasteiger partial charge in [0, 0.05) is 5.56 Å². The number of ether oxygens (including phenoxy) is 2. The second kappa shape index (κ2) is 7.59. The molecule has 0 N–H and O–H groups in total. The van der Waals surface area contributed by atoms with E-state index in [9.17, 15) is 9.59 Å². The maximum Gasteiger partial charge on any atom is 0.357 e. The summed E-state index contributed by atoms with van der Waals surface area (Å²) in [6, 6.07) is 22.6. The zero-order valence-corrected chi connectivity index (χ0v) is 16.0. The minimum Gasteiger partial charge on any atom is -0.465 e. The predicted molar refractivity (Wildman–Crippen MR) is 109 cm³/mol. The Morgan fingerprint density at radius 1 is 0.793 bits per heavy atom. The van der Waals surface area contributed by atoms with E-state index in [1.54, 1.807) is 12.1 Å². The Morgan fingerprint density at radius 3 is 2.17 bits per heavy atom. The minimum absolute atomic E-state index is 0.0217. The van der Waals surface area contributed by atoms with Crippen molar-refractivity contribution in [3.8, 4) is 16.9 Å². The summed E-state index contributed by atoms with van der Waals surface area (Å²) in [4.78, 5) is 25.4. The van der Waals surface area contributed by atoms with Gasteiger partial charge in [-0.3, -0.25) is 0 Å². The van der Waals surface area contributed by atoms with Gasteiger partial charge in [0.25, 0.3) is 0 Å². The molecule has 0 aliphatic heterocycles. The van der Waals surface area contributed by atoms with Crippen LogP contribution in [0.15, 0.2) is 72.8 Å². The molecule has 0 aliphatic carbocycles. The number of para-hydroxylation sites is 1. The molecule has 0 spiro atoms. The first-order valence-electron chi connectivity index (χ1n) is 8.99. The number of aromatic nitrogens is 2. The summed E-state index contributed by atoms with van der Waals surface area (Å²) in [5, 5.41) is 6.56. The van der Waals surface area contributed by atoms with E-state index in [4.69, 9.17) is 9.47 Å². The summed E-state index contributed by atoms with van der Waals surface area (Å²) in [5.41, 5.74) is 1.80. The summed E-state index contributed by atoms with van der Waals surface area (Å²) in [6.07, 6.45) is 0. The van der Waals surface area contributed by atoms with Crippen molar-refractivity contribution in [3.05, 3.63) is 84.1 Å². The van der Waals surface area contributed by atoms with Crippen LogP contribution in [0.4, 0.5) is 0 Å². The maximum absolute atomic E-state index is 12.7. The first-order chi connectivity index (χ1) is 14.2. The molecule has 0 radical (unpaired) electrons. The quantitative estimate of drug-likeness (QED) is 0.490. The fraction of sp³-hybridized carbons (Fsp3) is 0.0870. The molecular weight excluding hydrogens is 368 g/mol. The Balaban J connectivity index is 2.10. The molecule has 1 heterocycles. The molecule has 4 aromatic rings. The number of hydrogen-bond donors (Lipinski definition) is 0. The largest absolute Gasteiger partial charge is 0.465 e. The molecule has 6 heteroatoms. The highest BCUT2D eigenvalue weighted by Crippen LogP contribution is 2.33. The van der Waals surface area contributed by atoms with Gasteiger partial charge < -0.3 is 9.47 Å². The highest BCUT2D eigenvalue weighted by Gasteiger charge is 2.31. The number of carbonyl (C=O) groups excluding carboxylic acids is 2. The van der Waals surface area contributed by atoms with Crippen molar-refractivity contribution in [2.75, 3.05) is 14.2 Å². The normalized spacial score (nSPS) is 10.7. The van der Waals surface area contributed by atoms with Crippen molar-refractivity contribution in [1.29, 1.82) is 0 Å². The highest BCUT2D eigenvalue weighted by atomic mass is 16.5. The molecule has 1 aromatic heterocycles. The molecule has 4 rings (SSSR count). The van der Waals surface area contributed by atoms with Gasteiger partial charge in [0.2, 0.25) is 0 Å². The van der Waals surface area contributed by atoms with Gasteiger partial charge in [-0.1, -0.05) is 60.7 Å². The molecule has 0 saturated carbocycles. The second-order valence-electron chi connectivity index (χ2n) is 6.33. The lowest BCUT2D eigenvalue weighted by Crippen LogP contribution is -2.15. The van der Waals surface area contributed by atoms with Crippen LogP contribution >= 0.6 is 0 Å². The molecule has 3 aromatic carbocycles. The van der Waals surface area contributed by atoms with Gasteiger partial charge in [0.05, 0.1) is 19.9 Å². The van der Waals surface area contributed by atoms with E-state index in [1.807, 2.05) is 60.7 Å². The van der Waals surface area contributed by atoms with E-state index < -0.39 is 11.9 Å². The van der Waals surface area contributed by atoms with Crippen LogP contribution in [0, 0.1) is 0 Å². The number of esters is 2. The van der Waals surface area contributed by atoms with Crippen LogP contribution in [-0.4, -0.2) is 35.9 Å². The third-order valence-corrected chi connectivity index (χ3v) is 4.70. The zero-order chi connectivity index (χ0) is 20.4. The molecule has 0 amide bonds. The number of hydrogen-bond acceptors (Lipinski definition) is 5. The molecule has 0 unspecified atom stereocenters. The average molecular weight is 386 g/mol. The molecule has 0 aliphatic rings. The molecule has 0 fully saturated rings. The number of rotatable bonds is 4. The fourth-order valence-electron chi connectivity index (χ4n) is 3.38. The van der Waals surface area contributed by atoms with Gasteiger partial charge in [-0.2, -0.15) is 5.10 Å². The summed E-state index contributed by atoms with van der Waals surface area (Å²) in [6.45, 7) is 0. The summed E-state index contributed by atoms with van der Waals surface area (Å²) in [7, 11) is 2.54. The third kappa shape index (κ3) is 3.14. The Labute approximate surface area is 167 Å². The topological polar surface area (TPSA) is 70.4 Å². The van der Waals surface area contributed by atoms with Crippen molar-refractivity contribution in [1.82, 2.24) is 9.78 Å². The van der Waals surface area contributed by atoms with E-state index >= 15 is 0 Å². The van der Waals surface area contributed by atoms with Gasteiger partial charge >= 0.3 is 11.9 Å². The number of nitrogens with zero attached hydrogens (tertiary/aromatic N) is 2. The van der Waals surface area contributed by atoms with Gasteiger partial charge in [0.1, 0.15) is 11.3 Å². The minimum atomic E-state index is -0.673. The molecule has 6 nitrogen and oxygen atoms in total. The lowest BCUT2D eigenvalue weighted by atomic mass is 9.99. The summed E-state index contributed by atoms with van der Waals surface area (Å²) < 4.78 is 11.4. The Hall–Kier alpha value is -3.93. The standard InChI is InChI=1S/C23H18N2O4/c1-28-22(26)19-20(18-14-8-10-15-9-6-7-13-17(15)18)24-25(21(19)23(27)29-2)16-11-4-3-5-12-16/h3-14H,1-2H3. The van der Waals surface area contributed by atoms with E-state index in [0.29, 0.717) is 11.4 Å². The van der Waals surface area contributed by atoms with Crippen LogP contribution in [0.2, 0.25) is 0 Å². The lowest BCUT2D eigenvalue weighted by molar-refractivity contribution is 0.0549. The maximum atomic E-state index is 12.7. The third-order valence-electron chi connectivity index (χ3n) is 4.70. The van der Waals surface area contributed by atoms with Gasteiger partial charge in [0.15, 0.2) is 5.69 Å². The highest BCUT2D eigenvalue weighted by molar-refractivity contribution is 6.09. The monoisotopic (exact) mass is 386 g/mol. The Bertz CT molecular complexity index is 1210. The van der Waals surface area contributed by atoms with Crippen LogP contribution in [0.1, 0.15) is 20.8 Å². The molecular formula is C23H18N2O4. The predicted octanol–water partition coefficient (Wildman–Crippen LogP) is 4.27. The van der Waals surface area contributed by atoms with Crippen molar-refractivity contribution < 1.29 is 19.1 Å². The van der Waals surface area contributed by atoms with Crippen LogP contribution in [-0.2, 0) is 9.47 Å². The van der Waals surface area contributed by atoms with Gasteiger partial charge in [-0.25, -0.2) is 14.3 Å². The van der Waals surface area contributed by atoms with E-state index in [2.05, 4.69) is 5.10 Å². The van der Waals surface area contributed by atoms with Crippen molar-refractivity contribution >= 4 is 22.7 Å². The van der Waals surface area contributed by atoms with Crippen LogP contribution in [0.5, 0.6) is 0 Å². The van der Waals surface area contributed by atoms with Gasteiger partial charge in [-0.15, -0.1) is 0 Å². The van der Waals surface area contributed by atoms with Crippen LogP contribution in [0.3, 0.4) is 0 Å². The summed E-state index contributed by atoms with van der Waals surface area (Å²) in [5.74, 6) is -1.33. The first kappa shape index (κ1) is 18.4. The van der Waals surface area contributed by atoms with E-state index in [0.717, 1.165) is 16.3 Å². The van der Waals surface area contributed by atoms with Crippen LogP contribution in [0.25, 0.3) is 27.7 Å². The Morgan fingerprint density at radius 2 is 1.45 bits per heavy atom. The van der Waals surface area contributed by atoms with Crippen molar-refractivity contribution in [3.63, 3.8) is 0 Å². The molecule has 0 saturated heterocycles. The number of methoxy groups -OCH3 is 2. The summed E-state index contributed by atoms with van der Waals surface area (Å²) >= 11 is 0. The first-order valence-corrected chi connectivity index (χ1v) is 8.99. The van der Waals surface area contributed by atoms with Crippen molar-refractivity contribution in [2.45, 2.75) is 0 Å². The SMILES string of the molecule is COC(=O)c1c(-c2cccc3ccccc23)nn(-c2ccccc2)c1C(=O)OC. The molecule has 29 heavy (non-hydrogen) atoms. The fourth-order valence-corrected chi connectivity index (χ4v) is 3.38. The molecule has 0 atom stereocenters. The zero-order valence-electron chi connectivity index (χ0n) is 16.0. The second-order valence-corrected chi connectivity index (χ2v) is 6.33. The smallest absolute Gasteiger partial charge is 0.357 e. The van der Waals surface area contributed by atoms with Gasteiger partial charge in [-0.05, 0) is 22.9 Å². The number of fused-ring (bicyclic) bond motifs is 1. The molecule has 0 bridgehead atoms. The Kier molecular flexibility index (Phi) is 4.83. The van der Waals surface area contributed by atoms with Crippen molar-refractivity contribution in [2.24, 2.45) is 0 Å². The lowest BCUT2D eigenvalue weighted by Gasteiger charge is -2.07. The molecule has 144 valence electrons. The number of carbonyl (C=O) groups is 2. The van der Waals surface area contributed by atoms with E-state index in [1.165, 1.54) is 18.9 Å². The number of benzene rings is 3.